The molecular weight excluding hydrogens is 272 g/mol. The predicted octanol–water partition coefficient (Wildman–Crippen LogP) is 1.49. The molecule has 4 nitrogen and oxygen atoms in total. The average molecular weight is 306 g/mol. The van der Waals surface area contributed by atoms with E-state index < -0.39 is 0 Å². The van der Waals surface area contributed by atoms with Gasteiger partial charge in [-0.05, 0) is 45.2 Å². The van der Waals surface area contributed by atoms with Gasteiger partial charge in [-0.1, -0.05) is 25.0 Å². The molecule has 126 valence electrons. The Labute approximate surface area is 136 Å². The summed E-state index contributed by atoms with van der Waals surface area (Å²) in [5.41, 5.74) is 0. The zero-order valence-corrected chi connectivity index (χ0v) is 14.0. The maximum Gasteiger partial charge on any atom is 0.0232 e. The van der Waals surface area contributed by atoms with Crippen molar-refractivity contribution in [3.63, 3.8) is 0 Å². The Hall–Kier alpha value is -0.420. The van der Waals surface area contributed by atoms with Gasteiger partial charge in [0.25, 0.3) is 0 Å². The molecule has 0 saturated carbocycles. The minimum Gasteiger partial charge on any atom is -0.313 e. The van der Waals surface area contributed by atoms with Crippen molar-refractivity contribution >= 4 is 0 Å². The quantitative estimate of drug-likeness (QED) is 0.650. The molecule has 0 radical (unpaired) electrons. The van der Waals surface area contributed by atoms with E-state index in [1.54, 1.807) is 0 Å². The molecule has 0 bridgehead atoms. The highest BCUT2D eigenvalue weighted by Gasteiger charge is 2.23. The molecular formula is C18H34N4. The number of rotatable bonds is 6. The van der Waals surface area contributed by atoms with E-state index in [0.29, 0.717) is 18.1 Å². The van der Waals surface area contributed by atoms with Crippen LogP contribution in [0.4, 0.5) is 0 Å². The molecule has 3 rings (SSSR count). The van der Waals surface area contributed by atoms with E-state index in [9.17, 15) is 0 Å². The maximum absolute atomic E-state index is 3.73. The Morgan fingerprint density at radius 1 is 0.727 bits per heavy atom. The molecule has 3 atom stereocenters. The van der Waals surface area contributed by atoms with Crippen LogP contribution in [0, 0.1) is 0 Å². The van der Waals surface area contributed by atoms with Crippen molar-refractivity contribution in [1.29, 1.82) is 0 Å². The lowest BCUT2D eigenvalue weighted by Crippen LogP contribution is -2.52. The van der Waals surface area contributed by atoms with Gasteiger partial charge in [-0.2, -0.15) is 0 Å². The van der Waals surface area contributed by atoms with E-state index in [2.05, 4.69) is 33.0 Å². The summed E-state index contributed by atoms with van der Waals surface area (Å²) >= 11 is 0. The van der Waals surface area contributed by atoms with E-state index in [1.165, 1.54) is 77.7 Å². The molecule has 3 heterocycles. The molecule has 2 fully saturated rings. The Balaban J connectivity index is 1.52. The predicted molar refractivity (Wildman–Crippen MR) is 93.3 cm³/mol. The molecule has 3 unspecified atom stereocenters. The highest BCUT2D eigenvalue weighted by Crippen LogP contribution is 2.13. The lowest BCUT2D eigenvalue weighted by molar-refractivity contribution is 0.176. The highest BCUT2D eigenvalue weighted by atomic mass is 15.2. The highest BCUT2D eigenvalue weighted by molar-refractivity contribution is 4.96. The molecule has 4 heteroatoms. The van der Waals surface area contributed by atoms with Gasteiger partial charge in [-0.25, -0.2) is 0 Å². The third kappa shape index (κ3) is 5.34. The van der Waals surface area contributed by atoms with Crippen LogP contribution in [0.3, 0.4) is 0 Å². The number of nitrogens with one attached hydrogen (secondary N) is 3. The molecule has 2 saturated heterocycles. The second-order valence-corrected chi connectivity index (χ2v) is 7.32. The third-order valence-electron chi connectivity index (χ3n) is 5.37. The summed E-state index contributed by atoms with van der Waals surface area (Å²) in [4.78, 5) is 2.72. The number of hydrogen-bond acceptors (Lipinski definition) is 4. The Morgan fingerprint density at radius 3 is 1.86 bits per heavy atom. The summed E-state index contributed by atoms with van der Waals surface area (Å²) in [6.45, 7) is 7.11. The summed E-state index contributed by atoms with van der Waals surface area (Å²) in [6.07, 6.45) is 14.0. The first-order chi connectivity index (χ1) is 10.9. The lowest BCUT2D eigenvalue weighted by atomic mass is 10.0. The molecule has 0 aromatic heterocycles. The van der Waals surface area contributed by atoms with Crippen molar-refractivity contribution in [3.8, 4) is 0 Å². The second-order valence-electron chi connectivity index (χ2n) is 7.32. The van der Waals surface area contributed by atoms with Gasteiger partial charge in [-0.3, -0.25) is 4.90 Å². The summed E-state index contributed by atoms with van der Waals surface area (Å²) < 4.78 is 0. The van der Waals surface area contributed by atoms with Crippen LogP contribution in [0.15, 0.2) is 12.2 Å². The Kier molecular flexibility index (Phi) is 6.74. The van der Waals surface area contributed by atoms with Crippen molar-refractivity contribution < 1.29 is 0 Å². The fourth-order valence-electron chi connectivity index (χ4n) is 4.12. The van der Waals surface area contributed by atoms with Crippen LogP contribution in [-0.2, 0) is 0 Å². The fraction of sp³-hybridized carbons (Fsp3) is 0.889. The van der Waals surface area contributed by atoms with Crippen LogP contribution >= 0.6 is 0 Å². The molecule has 3 N–H and O–H groups in total. The molecule has 0 amide bonds. The monoisotopic (exact) mass is 306 g/mol. The molecule has 0 aliphatic carbocycles. The van der Waals surface area contributed by atoms with E-state index in [4.69, 9.17) is 0 Å². The van der Waals surface area contributed by atoms with Crippen LogP contribution in [0.5, 0.6) is 0 Å². The van der Waals surface area contributed by atoms with E-state index >= 15 is 0 Å². The molecule has 3 aliphatic rings. The number of piperidine rings is 2. The standard InChI is InChI=1S/C18H34N4/c1-4-10-19-16(7-1)13-22(14-17-8-2-5-11-20-17)15-18-9-3-6-12-21-18/h1,4,16-21H,2-3,5-15H2. The molecule has 0 aromatic rings. The van der Waals surface area contributed by atoms with Gasteiger partial charge >= 0.3 is 0 Å². The first-order valence-corrected chi connectivity index (χ1v) is 9.47. The lowest BCUT2D eigenvalue weighted by Gasteiger charge is -2.36. The Morgan fingerprint density at radius 2 is 1.36 bits per heavy atom. The average Bonchev–Trinajstić information content (AvgIpc) is 2.57. The van der Waals surface area contributed by atoms with Crippen LogP contribution in [0.25, 0.3) is 0 Å². The van der Waals surface area contributed by atoms with Crippen molar-refractivity contribution in [3.05, 3.63) is 12.2 Å². The second kappa shape index (κ2) is 9.02. The summed E-state index contributed by atoms with van der Waals surface area (Å²) in [7, 11) is 0. The Bertz CT molecular complexity index is 312. The van der Waals surface area contributed by atoms with Gasteiger partial charge in [0.05, 0.1) is 0 Å². The SMILES string of the molecule is C1=CCC(CN(CC2CCCCN2)CC2CCCCN2)NC1. The zero-order chi connectivity index (χ0) is 15.0. The minimum atomic E-state index is 0.636. The van der Waals surface area contributed by atoms with Gasteiger partial charge < -0.3 is 16.0 Å². The van der Waals surface area contributed by atoms with E-state index in [-0.39, 0.29) is 0 Å². The molecule has 22 heavy (non-hydrogen) atoms. The van der Waals surface area contributed by atoms with Crippen LogP contribution < -0.4 is 16.0 Å². The van der Waals surface area contributed by atoms with Gasteiger partial charge in [0, 0.05) is 44.3 Å². The minimum absolute atomic E-state index is 0.636. The number of nitrogens with zero attached hydrogens (tertiary/aromatic N) is 1. The first-order valence-electron chi connectivity index (χ1n) is 9.47. The molecule has 3 aliphatic heterocycles. The van der Waals surface area contributed by atoms with Gasteiger partial charge in [0.1, 0.15) is 0 Å². The van der Waals surface area contributed by atoms with E-state index in [0.717, 1.165) is 6.54 Å². The van der Waals surface area contributed by atoms with Gasteiger partial charge in [0.15, 0.2) is 0 Å². The third-order valence-corrected chi connectivity index (χ3v) is 5.37. The number of hydrogen-bond donors (Lipinski definition) is 3. The van der Waals surface area contributed by atoms with Crippen LogP contribution in [-0.4, -0.2) is 62.3 Å². The zero-order valence-electron chi connectivity index (χ0n) is 14.0. The molecule has 0 spiro atoms. The maximum atomic E-state index is 3.73. The van der Waals surface area contributed by atoms with Crippen molar-refractivity contribution in [2.45, 2.75) is 63.1 Å². The van der Waals surface area contributed by atoms with Crippen LogP contribution in [0.1, 0.15) is 44.9 Å². The first kappa shape index (κ1) is 16.4. The summed E-state index contributed by atoms with van der Waals surface area (Å²) in [6, 6.07) is 2.05. The molecule has 0 aromatic carbocycles. The van der Waals surface area contributed by atoms with Gasteiger partial charge in [0.2, 0.25) is 0 Å². The van der Waals surface area contributed by atoms with Crippen molar-refractivity contribution in [2.24, 2.45) is 0 Å². The van der Waals surface area contributed by atoms with Crippen LogP contribution in [0.2, 0.25) is 0 Å². The fourth-order valence-corrected chi connectivity index (χ4v) is 4.12. The van der Waals surface area contributed by atoms with Crippen molar-refractivity contribution in [1.82, 2.24) is 20.9 Å². The normalized spacial score (nSPS) is 33.2. The topological polar surface area (TPSA) is 39.3 Å². The van der Waals surface area contributed by atoms with E-state index in [1.807, 2.05) is 0 Å². The summed E-state index contributed by atoms with van der Waals surface area (Å²) in [5, 5.41) is 11.1. The smallest absolute Gasteiger partial charge is 0.0232 e. The largest absolute Gasteiger partial charge is 0.313 e. The van der Waals surface area contributed by atoms with Crippen molar-refractivity contribution in [2.75, 3.05) is 39.3 Å². The summed E-state index contributed by atoms with van der Waals surface area (Å²) in [5.74, 6) is 0. The van der Waals surface area contributed by atoms with Gasteiger partial charge in [-0.15, -0.1) is 0 Å².